The number of amides is 1. The summed E-state index contributed by atoms with van der Waals surface area (Å²) in [5, 5.41) is 13.5. The van der Waals surface area contributed by atoms with Crippen molar-refractivity contribution < 1.29 is 9.72 Å². The molecular formula is C14H19N3O3. The quantitative estimate of drug-likeness (QED) is 0.501. The van der Waals surface area contributed by atoms with E-state index in [0.717, 1.165) is 12.8 Å². The van der Waals surface area contributed by atoms with Crippen LogP contribution in [0.4, 0.5) is 11.4 Å². The first kappa shape index (κ1) is 14.3. The molecule has 1 saturated carbocycles. The van der Waals surface area contributed by atoms with Gasteiger partial charge in [-0.25, -0.2) is 0 Å². The van der Waals surface area contributed by atoms with Gasteiger partial charge in [0.25, 0.3) is 11.6 Å². The maximum Gasteiger partial charge on any atom is 0.292 e. The fourth-order valence-electron chi connectivity index (χ4n) is 2.59. The first-order chi connectivity index (χ1) is 9.58. The molecule has 0 bridgehead atoms. The van der Waals surface area contributed by atoms with Gasteiger partial charge in [0, 0.05) is 18.2 Å². The summed E-state index contributed by atoms with van der Waals surface area (Å²) in [6.07, 6.45) is 6.05. The number of carbonyl (C=O) groups excluding carboxylic acids is 1. The van der Waals surface area contributed by atoms with E-state index in [1.54, 1.807) is 0 Å². The molecule has 1 fully saturated rings. The molecule has 108 valence electrons. The Morgan fingerprint density at radius 1 is 1.35 bits per heavy atom. The summed E-state index contributed by atoms with van der Waals surface area (Å²) >= 11 is 0. The minimum absolute atomic E-state index is 0.0142. The highest BCUT2D eigenvalue weighted by Gasteiger charge is 2.17. The number of anilines is 1. The van der Waals surface area contributed by atoms with Gasteiger partial charge in [0.2, 0.25) is 0 Å². The van der Waals surface area contributed by atoms with Crippen LogP contribution >= 0.6 is 0 Å². The fraction of sp³-hybridized carbons (Fsp3) is 0.500. The number of nitrogens with zero attached hydrogens (tertiary/aromatic N) is 1. The largest absolute Gasteiger partial charge is 0.393 e. The average molecular weight is 277 g/mol. The van der Waals surface area contributed by atoms with Crippen LogP contribution in [0.5, 0.6) is 0 Å². The standard InChI is InChI=1S/C14H19N3O3/c15-12-8-11(6-7-13(12)17(19)20)14(18)16-9-10-4-2-1-3-5-10/h6-8,10H,1-5,9,15H2,(H,16,18). The zero-order valence-electron chi connectivity index (χ0n) is 11.3. The number of hydrogen-bond acceptors (Lipinski definition) is 4. The summed E-state index contributed by atoms with van der Waals surface area (Å²) < 4.78 is 0. The Labute approximate surface area is 117 Å². The number of nitro benzene ring substituents is 1. The number of carbonyl (C=O) groups is 1. The lowest BCUT2D eigenvalue weighted by atomic mass is 9.89. The first-order valence-corrected chi connectivity index (χ1v) is 6.90. The molecule has 1 amide bonds. The van der Waals surface area contributed by atoms with Gasteiger partial charge < -0.3 is 11.1 Å². The van der Waals surface area contributed by atoms with E-state index < -0.39 is 4.92 Å². The van der Waals surface area contributed by atoms with Crippen molar-refractivity contribution in [1.29, 1.82) is 0 Å². The van der Waals surface area contributed by atoms with Crippen LogP contribution in [0, 0.1) is 16.0 Å². The molecule has 0 atom stereocenters. The molecule has 0 saturated heterocycles. The Morgan fingerprint density at radius 3 is 2.65 bits per heavy atom. The molecule has 2 rings (SSSR count). The third-order valence-corrected chi connectivity index (χ3v) is 3.76. The van der Waals surface area contributed by atoms with E-state index in [0.29, 0.717) is 18.0 Å². The lowest BCUT2D eigenvalue weighted by Gasteiger charge is -2.21. The normalized spacial score (nSPS) is 15.8. The van der Waals surface area contributed by atoms with Gasteiger partial charge >= 0.3 is 0 Å². The van der Waals surface area contributed by atoms with Gasteiger partial charge in [0.15, 0.2) is 0 Å². The number of hydrogen-bond donors (Lipinski definition) is 2. The van der Waals surface area contributed by atoms with Gasteiger partial charge in [0.1, 0.15) is 5.69 Å². The summed E-state index contributed by atoms with van der Waals surface area (Å²) in [6.45, 7) is 0.662. The third kappa shape index (κ3) is 3.46. The predicted molar refractivity (Wildman–Crippen MR) is 76.4 cm³/mol. The second-order valence-corrected chi connectivity index (χ2v) is 5.24. The molecule has 1 aromatic carbocycles. The van der Waals surface area contributed by atoms with Crippen molar-refractivity contribution in [3.05, 3.63) is 33.9 Å². The third-order valence-electron chi connectivity index (χ3n) is 3.76. The molecule has 0 spiro atoms. The smallest absolute Gasteiger partial charge is 0.292 e. The van der Waals surface area contributed by atoms with Crippen molar-refractivity contribution in [3.63, 3.8) is 0 Å². The molecule has 0 unspecified atom stereocenters. The van der Waals surface area contributed by atoms with Crippen LogP contribution in [0.25, 0.3) is 0 Å². The number of nitrogens with one attached hydrogen (secondary N) is 1. The fourth-order valence-corrected chi connectivity index (χ4v) is 2.59. The minimum atomic E-state index is -0.557. The summed E-state index contributed by atoms with van der Waals surface area (Å²) in [7, 11) is 0. The second kappa shape index (κ2) is 6.36. The Hall–Kier alpha value is -2.11. The van der Waals surface area contributed by atoms with Crippen LogP contribution in [-0.4, -0.2) is 17.4 Å². The van der Waals surface area contributed by atoms with E-state index >= 15 is 0 Å². The number of rotatable bonds is 4. The van der Waals surface area contributed by atoms with E-state index in [2.05, 4.69) is 5.32 Å². The summed E-state index contributed by atoms with van der Waals surface area (Å²) in [6, 6.07) is 4.06. The molecule has 0 aliphatic heterocycles. The topological polar surface area (TPSA) is 98.3 Å². The molecule has 0 radical (unpaired) electrons. The highest BCUT2D eigenvalue weighted by molar-refractivity contribution is 5.95. The zero-order valence-corrected chi connectivity index (χ0v) is 11.3. The van der Waals surface area contributed by atoms with E-state index in [1.165, 1.54) is 37.5 Å². The predicted octanol–water partition coefficient (Wildman–Crippen LogP) is 2.49. The molecule has 0 heterocycles. The SMILES string of the molecule is Nc1cc(C(=O)NCC2CCCCC2)ccc1[N+](=O)[O-]. The van der Waals surface area contributed by atoms with Gasteiger partial charge in [-0.3, -0.25) is 14.9 Å². The molecule has 6 nitrogen and oxygen atoms in total. The number of benzene rings is 1. The molecule has 3 N–H and O–H groups in total. The maximum absolute atomic E-state index is 12.0. The van der Waals surface area contributed by atoms with E-state index in [-0.39, 0.29) is 17.3 Å². The van der Waals surface area contributed by atoms with Crippen molar-refractivity contribution >= 4 is 17.3 Å². The van der Waals surface area contributed by atoms with Crippen LogP contribution in [0.3, 0.4) is 0 Å². The van der Waals surface area contributed by atoms with E-state index in [1.807, 2.05) is 0 Å². The zero-order chi connectivity index (χ0) is 14.5. The lowest BCUT2D eigenvalue weighted by Crippen LogP contribution is -2.30. The molecule has 20 heavy (non-hydrogen) atoms. The first-order valence-electron chi connectivity index (χ1n) is 6.90. The van der Waals surface area contributed by atoms with Crippen LogP contribution in [0.2, 0.25) is 0 Å². The minimum Gasteiger partial charge on any atom is -0.393 e. The number of nitro groups is 1. The van der Waals surface area contributed by atoms with Crippen LogP contribution in [-0.2, 0) is 0 Å². The number of nitrogens with two attached hydrogens (primary N) is 1. The van der Waals surface area contributed by atoms with Gasteiger partial charge in [-0.1, -0.05) is 19.3 Å². The molecule has 1 aliphatic rings. The highest BCUT2D eigenvalue weighted by Crippen LogP contribution is 2.24. The maximum atomic E-state index is 12.0. The van der Waals surface area contributed by atoms with E-state index in [4.69, 9.17) is 5.73 Å². The van der Waals surface area contributed by atoms with Gasteiger partial charge in [-0.05, 0) is 30.9 Å². The van der Waals surface area contributed by atoms with Crippen molar-refractivity contribution in [2.45, 2.75) is 32.1 Å². The van der Waals surface area contributed by atoms with Crippen molar-refractivity contribution in [2.75, 3.05) is 12.3 Å². The molecule has 1 aliphatic carbocycles. The average Bonchev–Trinajstić information content (AvgIpc) is 2.45. The Balaban J connectivity index is 1.95. The van der Waals surface area contributed by atoms with Gasteiger partial charge in [-0.2, -0.15) is 0 Å². The van der Waals surface area contributed by atoms with Crippen LogP contribution in [0.15, 0.2) is 18.2 Å². The second-order valence-electron chi connectivity index (χ2n) is 5.24. The number of nitrogen functional groups attached to an aromatic ring is 1. The Morgan fingerprint density at radius 2 is 2.05 bits per heavy atom. The van der Waals surface area contributed by atoms with Gasteiger partial charge in [-0.15, -0.1) is 0 Å². The molecular weight excluding hydrogens is 258 g/mol. The van der Waals surface area contributed by atoms with Crippen molar-refractivity contribution in [3.8, 4) is 0 Å². The summed E-state index contributed by atoms with van der Waals surface area (Å²) in [5.41, 5.74) is 5.78. The molecule has 6 heteroatoms. The highest BCUT2D eigenvalue weighted by atomic mass is 16.6. The summed E-state index contributed by atoms with van der Waals surface area (Å²) in [4.78, 5) is 22.1. The monoisotopic (exact) mass is 277 g/mol. The molecule has 0 aromatic heterocycles. The van der Waals surface area contributed by atoms with Crippen molar-refractivity contribution in [2.24, 2.45) is 5.92 Å². The van der Waals surface area contributed by atoms with Crippen LogP contribution in [0.1, 0.15) is 42.5 Å². The lowest BCUT2D eigenvalue weighted by molar-refractivity contribution is -0.383. The summed E-state index contributed by atoms with van der Waals surface area (Å²) in [5.74, 6) is 0.320. The van der Waals surface area contributed by atoms with E-state index in [9.17, 15) is 14.9 Å². The Bertz CT molecular complexity index is 510. The molecule has 1 aromatic rings. The Kier molecular flexibility index (Phi) is 4.55. The van der Waals surface area contributed by atoms with Crippen molar-refractivity contribution in [1.82, 2.24) is 5.32 Å². The van der Waals surface area contributed by atoms with Crippen LogP contribution < -0.4 is 11.1 Å². The van der Waals surface area contributed by atoms with Gasteiger partial charge in [0.05, 0.1) is 4.92 Å².